The molecule has 1 N–H and O–H groups in total. The Kier molecular flexibility index (Phi) is 6.65. The number of likely N-dealkylation sites (tertiary alicyclic amines) is 1. The number of carbonyl (C=O) groups is 1. The average Bonchev–Trinajstić information content (AvgIpc) is 2.52. The molecule has 0 radical (unpaired) electrons. The van der Waals surface area contributed by atoms with E-state index in [2.05, 4.69) is 17.1 Å². The van der Waals surface area contributed by atoms with Crippen LogP contribution >= 0.6 is 0 Å². The fourth-order valence-electron chi connectivity index (χ4n) is 2.73. The summed E-state index contributed by atoms with van der Waals surface area (Å²) in [6.07, 6.45) is 4.84. The maximum absolute atomic E-state index is 12.7. The molecular weight excluding hydrogens is 283 g/mol. The average molecular weight is 308 g/mol. The Morgan fingerprint density at radius 3 is 2.86 bits per heavy atom. The van der Waals surface area contributed by atoms with Crippen LogP contribution in [0.3, 0.4) is 0 Å². The van der Waals surface area contributed by atoms with Gasteiger partial charge in [-0.3, -0.25) is 4.79 Å². The van der Waals surface area contributed by atoms with Crippen LogP contribution in [0.2, 0.25) is 0 Å². The number of benzene rings is 1. The van der Waals surface area contributed by atoms with Crippen molar-refractivity contribution in [3.63, 3.8) is 0 Å². The first-order valence-corrected chi connectivity index (χ1v) is 8.04. The van der Waals surface area contributed by atoms with Gasteiger partial charge in [0.2, 0.25) is 0 Å². The molecule has 0 aromatic heterocycles. The summed E-state index contributed by atoms with van der Waals surface area (Å²) in [5.74, 6) is 0.0402. The zero-order valence-electron chi connectivity index (χ0n) is 13.2. The van der Waals surface area contributed by atoms with Crippen molar-refractivity contribution >= 4 is 5.91 Å². The molecule has 22 heavy (non-hydrogen) atoms. The van der Waals surface area contributed by atoms with Crippen molar-refractivity contribution in [1.82, 2.24) is 10.2 Å². The second-order valence-corrected chi connectivity index (χ2v) is 5.83. The third-order valence-corrected chi connectivity index (χ3v) is 4.07. The van der Waals surface area contributed by atoms with Crippen LogP contribution in [0.15, 0.2) is 24.3 Å². The van der Waals surface area contributed by atoms with Crippen LogP contribution in [-0.4, -0.2) is 43.1 Å². The van der Waals surface area contributed by atoms with Crippen LogP contribution in [0.5, 0.6) is 5.75 Å². The van der Waals surface area contributed by atoms with Gasteiger partial charge in [0.05, 0.1) is 0 Å². The number of hydrogen-bond donors (Lipinski definition) is 1. The predicted molar refractivity (Wildman–Crippen MR) is 84.4 cm³/mol. The lowest BCUT2D eigenvalue weighted by atomic mass is 10.0. The Morgan fingerprint density at radius 1 is 1.36 bits per heavy atom. The summed E-state index contributed by atoms with van der Waals surface area (Å²) in [5, 5.41) is 2.85. The largest absolute Gasteiger partial charge is 0.484 e. The monoisotopic (exact) mass is 308 g/mol. The second-order valence-electron chi connectivity index (χ2n) is 5.83. The normalized spacial score (nSPS) is 18.9. The minimum Gasteiger partial charge on any atom is -0.484 e. The Hall–Kier alpha value is -1.62. The maximum Gasteiger partial charge on any atom is 0.257 e. The molecule has 1 aliphatic rings. The van der Waals surface area contributed by atoms with Gasteiger partial charge in [0, 0.05) is 19.1 Å². The summed E-state index contributed by atoms with van der Waals surface area (Å²) in [5.41, 5.74) is 0. The molecule has 2 rings (SSSR count). The molecule has 0 saturated carbocycles. The first-order valence-electron chi connectivity index (χ1n) is 8.04. The molecule has 1 unspecified atom stereocenters. The van der Waals surface area contributed by atoms with E-state index in [0.717, 1.165) is 13.0 Å². The molecule has 1 saturated heterocycles. The lowest BCUT2D eigenvalue weighted by Gasteiger charge is -2.33. The summed E-state index contributed by atoms with van der Waals surface area (Å²) >= 11 is 0. The van der Waals surface area contributed by atoms with Gasteiger partial charge in [-0.05, 0) is 57.0 Å². The number of piperidine rings is 1. The molecule has 1 fully saturated rings. The quantitative estimate of drug-likeness (QED) is 0.787. The van der Waals surface area contributed by atoms with Gasteiger partial charge in [-0.15, -0.1) is 0 Å². The molecule has 0 aliphatic carbocycles. The van der Waals surface area contributed by atoms with E-state index >= 15 is 0 Å². The number of amides is 1. The molecule has 1 aromatic carbocycles. The molecular formula is C17H25FN2O2. The van der Waals surface area contributed by atoms with E-state index in [4.69, 9.17) is 4.74 Å². The summed E-state index contributed by atoms with van der Waals surface area (Å²) in [7, 11) is 0. The van der Waals surface area contributed by atoms with E-state index in [1.807, 2.05) is 0 Å². The number of carbonyl (C=O) groups excluding carboxylic acids is 1. The topological polar surface area (TPSA) is 41.6 Å². The molecule has 1 heterocycles. The van der Waals surface area contributed by atoms with Crippen molar-refractivity contribution in [1.29, 1.82) is 0 Å². The maximum atomic E-state index is 12.7. The van der Waals surface area contributed by atoms with E-state index in [1.54, 1.807) is 0 Å². The third-order valence-electron chi connectivity index (χ3n) is 4.07. The Morgan fingerprint density at radius 2 is 2.14 bits per heavy atom. The highest BCUT2D eigenvalue weighted by atomic mass is 19.1. The zero-order valence-corrected chi connectivity index (χ0v) is 13.2. The smallest absolute Gasteiger partial charge is 0.257 e. The van der Waals surface area contributed by atoms with Gasteiger partial charge in [0.1, 0.15) is 11.6 Å². The van der Waals surface area contributed by atoms with Gasteiger partial charge in [0.25, 0.3) is 5.91 Å². The van der Waals surface area contributed by atoms with Crippen LogP contribution < -0.4 is 10.1 Å². The van der Waals surface area contributed by atoms with Crippen LogP contribution in [0, 0.1) is 5.82 Å². The van der Waals surface area contributed by atoms with Crippen LogP contribution in [0.1, 0.15) is 32.6 Å². The molecule has 1 amide bonds. The molecule has 1 atom stereocenters. The summed E-state index contributed by atoms with van der Waals surface area (Å²) in [6, 6.07) is 6.31. The molecule has 4 nitrogen and oxygen atoms in total. The second kappa shape index (κ2) is 8.73. The fraction of sp³-hybridized carbons (Fsp3) is 0.588. The molecule has 0 spiro atoms. The van der Waals surface area contributed by atoms with Crippen LogP contribution in [0.4, 0.5) is 4.39 Å². The van der Waals surface area contributed by atoms with Gasteiger partial charge in [-0.25, -0.2) is 4.39 Å². The molecule has 1 aromatic rings. The van der Waals surface area contributed by atoms with E-state index in [-0.39, 0.29) is 18.3 Å². The lowest BCUT2D eigenvalue weighted by molar-refractivity contribution is -0.123. The highest BCUT2D eigenvalue weighted by Gasteiger charge is 2.17. The van der Waals surface area contributed by atoms with Crippen molar-refractivity contribution in [3.05, 3.63) is 30.1 Å². The van der Waals surface area contributed by atoms with E-state index in [1.165, 1.54) is 50.1 Å². The number of rotatable bonds is 7. The number of hydrogen-bond acceptors (Lipinski definition) is 3. The molecule has 1 aliphatic heterocycles. The highest BCUT2D eigenvalue weighted by Crippen LogP contribution is 2.16. The van der Waals surface area contributed by atoms with Crippen molar-refractivity contribution in [2.45, 2.75) is 38.6 Å². The van der Waals surface area contributed by atoms with Crippen molar-refractivity contribution in [3.8, 4) is 5.75 Å². The Balaban J connectivity index is 1.56. The minimum atomic E-state index is -0.316. The first kappa shape index (κ1) is 16.7. The van der Waals surface area contributed by atoms with E-state index < -0.39 is 0 Å². The summed E-state index contributed by atoms with van der Waals surface area (Å²) in [6.45, 7) is 5.10. The lowest BCUT2D eigenvalue weighted by Crippen LogP contribution is -2.39. The number of halogens is 1. The summed E-state index contributed by atoms with van der Waals surface area (Å²) in [4.78, 5) is 14.2. The van der Waals surface area contributed by atoms with Gasteiger partial charge in [0.15, 0.2) is 6.61 Å². The number of nitrogens with one attached hydrogen (secondary N) is 1. The van der Waals surface area contributed by atoms with Crippen molar-refractivity contribution < 1.29 is 13.9 Å². The van der Waals surface area contributed by atoms with Gasteiger partial charge >= 0.3 is 0 Å². The van der Waals surface area contributed by atoms with Gasteiger partial charge < -0.3 is 15.0 Å². The minimum absolute atomic E-state index is 0.0360. The Bertz CT molecular complexity index is 464. The van der Waals surface area contributed by atoms with Crippen molar-refractivity contribution in [2.24, 2.45) is 0 Å². The number of nitrogens with zero attached hydrogens (tertiary/aromatic N) is 1. The third kappa shape index (κ3) is 5.64. The van der Waals surface area contributed by atoms with Crippen LogP contribution in [0.25, 0.3) is 0 Å². The molecule has 5 heteroatoms. The van der Waals surface area contributed by atoms with E-state index in [9.17, 15) is 9.18 Å². The first-order chi connectivity index (χ1) is 10.6. The fourth-order valence-corrected chi connectivity index (χ4v) is 2.73. The standard InChI is InChI=1S/C17H25FN2O2/c1-14-5-2-3-11-20(14)12-4-10-19-17(21)13-22-16-8-6-15(18)7-9-16/h6-9,14H,2-5,10-13H2,1H3,(H,19,21). The zero-order chi connectivity index (χ0) is 15.8. The summed E-state index contributed by atoms with van der Waals surface area (Å²) < 4.78 is 18.0. The van der Waals surface area contributed by atoms with Gasteiger partial charge in [-0.1, -0.05) is 6.42 Å². The molecule has 0 bridgehead atoms. The van der Waals surface area contributed by atoms with Crippen LogP contribution in [-0.2, 0) is 4.79 Å². The van der Waals surface area contributed by atoms with Crippen molar-refractivity contribution in [2.75, 3.05) is 26.2 Å². The number of ether oxygens (including phenoxy) is 1. The highest BCUT2D eigenvalue weighted by molar-refractivity contribution is 5.77. The predicted octanol–water partition coefficient (Wildman–Crippen LogP) is 2.59. The van der Waals surface area contributed by atoms with Gasteiger partial charge in [-0.2, -0.15) is 0 Å². The SMILES string of the molecule is CC1CCCCN1CCCNC(=O)COc1ccc(F)cc1. The Labute approximate surface area is 131 Å². The van der Waals surface area contributed by atoms with E-state index in [0.29, 0.717) is 18.3 Å². The molecule has 122 valence electrons.